The van der Waals surface area contributed by atoms with Crippen LogP contribution in [0.5, 0.6) is 5.75 Å². The number of methoxy groups -OCH3 is 1. The van der Waals surface area contributed by atoms with Crippen LogP contribution >= 0.6 is 27.0 Å². The van der Waals surface area contributed by atoms with E-state index in [1.807, 2.05) is 117 Å². The Hall–Kier alpha value is -5.20. The molecule has 7 rings (SSSR count). The maximum Gasteiger partial charge on any atom is 0.329 e. The molecule has 0 radical (unpaired) electrons. The Bertz CT molecular complexity index is 2230. The molecule has 3 atom stereocenters. The lowest BCUT2D eigenvalue weighted by atomic mass is 9.62. The standard InChI is InChI=1S/C46H50N4O6.2H2S/c1-45(2,3)56-43(53)39(28-30-29-47-38-20-12-9-16-33(30)38)49-44(54)46(31-14-6-5-7-15-31)25-22-35(34-17-8-11-19-37(34)46)42(52)50-26-23-32(24-27-50)48-41(51)36-18-10-13-21-40(36)55-4;;/h5-21,29,32,35,39,47H,22-28H2,1-4H3,(H,48,51)(H,49,54);2*1H2/t35-,39-,46+;;/m0../s1. The molecule has 0 saturated carbocycles. The molecule has 58 heavy (non-hydrogen) atoms. The van der Waals surface area contributed by atoms with Gasteiger partial charge in [0.15, 0.2) is 0 Å². The number of ether oxygens (including phenoxy) is 2. The number of esters is 1. The van der Waals surface area contributed by atoms with Crippen LogP contribution in [0.1, 0.15) is 85.0 Å². The Morgan fingerprint density at radius 2 is 1.50 bits per heavy atom. The van der Waals surface area contributed by atoms with E-state index >= 15 is 4.79 Å². The van der Waals surface area contributed by atoms with Crippen molar-refractivity contribution in [3.63, 3.8) is 0 Å². The number of H-pyrrole nitrogens is 1. The number of carbonyl (C=O) groups excluding carboxylic acids is 4. The van der Waals surface area contributed by atoms with Gasteiger partial charge in [-0.1, -0.05) is 84.9 Å². The number of aromatic nitrogens is 1. The molecular formula is C46H54N4O6S2. The minimum absolute atomic E-state index is 0. The number of hydrogen-bond donors (Lipinski definition) is 3. The first-order chi connectivity index (χ1) is 27.0. The molecule has 3 amide bonds. The van der Waals surface area contributed by atoms with Gasteiger partial charge in [-0.3, -0.25) is 14.4 Å². The van der Waals surface area contributed by atoms with E-state index in [0.29, 0.717) is 50.1 Å². The summed E-state index contributed by atoms with van der Waals surface area (Å²) >= 11 is 0. The highest BCUT2D eigenvalue weighted by Gasteiger charge is 2.50. The van der Waals surface area contributed by atoms with Crippen LogP contribution in [-0.2, 0) is 31.0 Å². The Morgan fingerprint density at radius 3 is 2.22 bits per heavy atom. The molecule has 2 aliphatic rings. The van der Waals surface area contributed by atoms with E-state index < -0.39 is 28.9 Å². The van der Waals surface area contributed by atoms with Gasteiger partial charge in [-0.05, 0) is 86.9 Å². The van der Waals surface area contributed by atoms with Crippen LogP contribution in [0.25, 0.3) is 10.9 Å². The smallest absolute Gasteiger partial charge is 0.329 e. The van der Waals surface area contributed by atoms with Gasteiger partial charge in [0.2, 0.25) is 11.8 Å². The van der Waals surface area contributed by atoms with Gasteiger partial charge >= 0.3 is 5.97 Å². The number of likely N-dealkylation sites (tertiary alicyclic amines) is 1. The summed E-state index contributed by atoms with van der Waals surface area (Å²) in [5, 5.41) is 7.27. The Labute approximate surface area is 354 Å². The molecule has 1 aromatic heterocycles. The molecule has 2 heterocycles. The van der Waals surface area contributed by atoms with Crippen molar-refractivity contribution in [2.24, 2.45) is 0 Å². The summed E-state index contributed by atoms with van der Waals surface area (Å²) in [5.74, 6) is -0.949. The number of nitrogens with one attached hydrogen (secondary N) is 3. The van der Waals surface area contributed by atoms with Gasteiger partial charge in [0.05, 0.1) is 24.0 Å². The van der Waals surface area contributed by atoms with Gasteiger partial charge in [0.25, 0.3) is 5.91 Å². The van der Waals surface area contributed by atoms with E-state index in [0.717, 1.165) is 33.2 Å². The Morgan fingerprint density at radius 1 is 0.845 bits per heavy atom. The number of nitrogens with zero attached hydrogens (tertiary/aromatic N) is 1. The predicted molar refractivity (Wildman–Crippen MR) is 236 cm³/mol. The molecule has 1 aliphatic carbocycles. The van der Waals surface area contributed by atoms with Crippen LogP contribution in [0.2, 0.25) is 0 Å². The lowest BCUT2D eigenvalue weighted by molar-refractivity contribution is -0.159. The summed E-state index contributed by atoms with van der Waals surface area (Å²) in [6.07, 6.45) is 4.15. The second kappa shape index (κ2) is 18.6. The third-order valence-electron chi connectivity index (χ3n) is 11.1. The fraction of sp³-hybridized carbons (Fsp3) is 0.348. The highest BCUT2D eigenvalue weighted by Crippen LogP contribution is 2.48. The first-order valence-corrected chi connectivity index (χ1v) is 19.4. The second-order valence-electron chi connectivity index (χ2n) is 15.8. The second-order valence-corrected chi connectivity index (χ2v) is 15.8. The van der Waals surface area contributed by atoms with E-state index in [1.165, 1.54) is 0 Å². The number of para-hydroxylation sites is 2. The Kier molecular flexibility index (Phi) is 14.1. The molecule has 1 fully saturated rings. The van der Waals surface area contributed by atoms with Crippen LogP contribution < -0.4 is 15.4 Å². The molecule has 5 aromatic rings. The first kappa shape index (κ1) is 43.9. The van der Waals surface area contributed by atoms with Crippen molar-refractivity contribution < 1.29 is 28.7 Å². The third-order valence-corrected chi connectivity index (χ3v) is 11.1. The highest BCUT2D eigenvalue weighted by atomic mass is 32.1. The molecule has 0 bridgehead atoms. The Balaban J connectivity index is 0.00000320. The molecule has 3 N–H and O–H groups in total. The number of rotatable bonds is 10. The molecule has 10 nitrogen and oxygen atoms in total. The van der Waals surface area contributed by atoms with Crippen LogP contribution in [0, 0.1) is 0 Å². The molecule has 306 valence electrons. The molecule has 0 spiro atoms. The van der Waals surface area contributed by atoms with Gasteiger partial charge in [0, 0.05) is 42.7 Å². The van der Waals surface area contributed by atoms with Crippen LogP contribution in [0.3, 0.4) is 0 Å². The maximum atomic E-state index is 15.1. The number of hydrogen-bond acceptors (Lipinski definition) is 6. The van der Waals surface area contributed by atoms with Crippen molar-refractivity contribution in [3.05, 3.63) is 137 Å². The SMILES string of the molecule is COc1ccccc1C(=O)NC1CCN(C(=O)[C@H]2CC[C@@](C(=O)N[C@@H](Cc3c[nH]c4ccccc34)C(=O)OC(C)(C)C)(c3ccccc3)c3ccccc32)CC1.S.S. The summed E-state index contributed by atoms with van der Waals surface area (Å²) in [5.41, 5.74) is 2.72. The van der Waals surface area contributed by atoms with Gasteiger partial charge in [0.1, 0.15) is 17.4 Å². The summed E-state index contributed by atoms with van der Waals surface area (Å²) in [4.78, 5) is 61.7. The monoisotopic (exact) mass is 822 g/mol. The molecule has 1 saturated heterocycles. The summed E-state index contributed by atoms with van der Waals surface area (Å²) in [7, 11) is 1.54. The number of benzene rings is 4. The largest absolute Gasteiger partial charge is 0.496 e. The molecule has 4 aromatic carbocycles. The van der Waals surface area contributed by atoms with Crippen LogP contribution in [0.15, 0.2) is 109 Å². The van der Waals surface area contributed by atoms with Crippen molar-refractivity contribution in [1.29, 1.82) is 0 Å². The summed E-state index contributed by atoms with van der Waals surface area (Å²) < 4.78 is 11.3. The van der Waals surface area contributed by atoms with Crippen molar-refractivity contribution in [3.8, 4) is 5.75 Å². The van der Waals surface area contributed by atoms with Gasteiger partial charge < -0.3 is 30.0 Å². The zero-order chi connectivity index (χ0) is 39.5. The minimum Gasteiger partial charge on any atom is -0.496 e. The van der Waals surface area contributed by atoms with Crippen molar-refractivity contribution >= 4 is 61.6 Å². The summed E-state index contributed by atoms with van der Waals surface area (Å²) in [6.45, 7) is 6.45. The molecule has 1 aliphatic heterocycles. The van der Waals surface area contributed by atoms with E-state index in [2.05, 4.69) is 15.6 Å². The average molecular weight is 823 g/mol. The third kappa shape index (κ3) is 9.08. The number of carbonyl (C=O) groups is 4. The van der Waals surface area contributed by atoms with Gasteiger partial charge in [-0.25, -0.2) is 4.79 Å². The summed E-state index contributed by atoms with van der Waals surface area (Å²) in [6, 6.07) is 31.3. The average Bonchev–Trinajstić information content (AvgIpc) is 3.62. The quantitative estimate of drug-likeness (QED) is 0.130. The van der Waals surface area contributed by atoms with Gasteiger partial charge in [-0.15, -0.1) is 0 Å². The van der Waals surface area contributed by atoms with Crippen molar-refractivity contribution in [2.75, 3.05) is 20.2 Å². The van der Waals surface area contributed by atoms with E-state index in [4.69, 9.17) is 9.47 Å². The number of aromatic amines is 1. The number of amides is 3. The van der Waals surface area contributed by atoms with Gasteiger partial charge in [-0.2, -0.15) is 27.0 Å². The minimum atomic E-state index is -1.18. The number of piperidine rings is 1. The molecule has 0 unspecified atom stereocenters. The predicted octanol–water partition coefficient (Wildman–Crippen LogP) is 7.06. The van der Waals surface area contributed by atoms with E-state index in [1.54, 1.807) is 25.3 Å². The van der Waals surface area contributed by atoms with Crippen molar-refractivity contribution in [2.45, 2.75) is 81.9 Å². The van der Waals surface area contributed by atoms with E-state index in [9.17, 15) is 14.4 Å². The lowest BCUT2D eigenvalue weighted by Gasteiger charge is -2.43. The lowest BCUT2D eigenvalue weighted by Crippen LogP contribution is -2.55. The zero-order valence-electron chi connectivity index (χ0n) is 33.5. The van der Waals surface area contributed by atoms with E-state index in [-0.39, 0.29) is 57.2 Å². The van der Waals surface area contributed by atoms with Crippen molar-refractivity contribution in [1.82, 2.24) is 20.5 Å². The highest BCUT2D eigenvalue weighted by molar-refractivity contribution is 7.59. The normalized spacial score (nSPS) is 18.4. The fourth-order valence-corrected chi connectivity index (χ4v) is 8.41. The van der Waals surface area contributed by atoms with Crippen LogP contribution in [0.4, 0.5) is 0 Å². The fourth-order valence-electron chi connectivity index (χ4n) is 8.41. The topological polar surface area (TPSA) is 130 Å². The van der Waals surface area contributed by atoms with Crippen LogP contribution in [-0.4, -0.2) is 71.5 Å². The molecule has 12 heteroatoms. The first-order valence-electron chi connectivity index (χ1n) is 19.4. The molecular weight excluding hydrogens is 769 g/mol. The zero-order valence-corrected chi connectivity index (χ0v) is 35.5. The maximum absolute atomic E-state index is 15.1. The number of fused-ring (bicyclic) bond motifs is 2.